The number of carbonyl (C=O) groups excluding carboxylic acids is 1. The molecule has 0 bridgehead atoms. The zero-order valence-corrected chi connectivity index (χ0v) is 14.7. The van der Waals surface area contributed by atoms with Crippen LogP contribution in [0.15, 0.2) is 42.6 Å². The van der Waals surface area contributed by atoms with Gasteiger partial charge in [0.15, 0.2) is 5.82 Å². The normalized spacial score (nSPS) is 20.5. The van der Waals surface area contributed by atoms with Crippen molar-refractivity contribution < 1.29 is 23.0 Å². The number of hydrogen-bond donors (Lipinski definition) is 0. The first-order chi connectivity index (χ1) is 13.1. The van der Waals surface area contributed by atoms with Crippen LogP contribution in [0.4, 0.5) is 8.78 Å². The summed E-state index contributed by atoms with van der Waals surface area (Å²) in [4.78, 5) is 18.0. The molecule has 142 valence electrons. The molecule has 27 heavy (non-hydrogen) atoms. The number of likely N-dealkylation sites (tertiary alicyclic amines) is 1. The van der Waals surface area contributed by atoms with E-state index in [2.05, 4.69) is 4.98 Å². The van der Waals surface area contributed by atoms with Crippen LogP contribution in [0, 0.1) is 17.6 Å². The SMILES string of the molecule is O=C(Cc1cccc(F)c1)N1CC2(C1)OCC[C@H]2COc1ncccc1F. The monoisotopic (exact) mass is 374 g/mol. The third-order valence-electron chi connectivity index (χ3n) is 5.26. The highest BCUT2D eigenvalue weighted by Gasteiger charge is 2.54. The Morgan fingerprint density at radius 1 is 1.30 bits per heavy atom. The van der Waals surface area contributed by atoms with Crippen LogP contribution in [0.3, 0.4) is 0 Å². The molecule has 0 radical (unpaired) electrons. The Bertz CT molecular complexity index is 839. The van der Waals surface area contributed by atoms with Crippen molar-refractivity contribution in [3.8, 4) is 5.88 Å². The number of rotatable bonds is 5. The third kappa shape index (κ3) is 3.64. The number of pyridine rings is 1. The van der Waals surface area contributed by atoms with Crippen LogP contribution in [0.1, 0.15) is 12.0 Å². The molecule has 1 atom stereocenters. The molecule has 2 saturated heterocycles. The highest BCUT2D eigenvalue weighted by Crippen LogP contribution is 2.40. The summed E-state index contributed by atoms with van der Waals surface area (Å²) >= 11 is 0. The minimum Gasteiger partial charge on any atom is -0.475 e. The van der Waals surface area contributed by atoms with Crippen molar-refractivity contribution in [3.63, 3.8) is 0 Å². The number of amides is 1. The predicted octanol–water partition coefficient (Wildman–Crippen LogP) is 2.60. The third-order valence-corrected chi connectivity index (χ3v) is 5.26. The lowest BCUT2D eigenvalue weighted by Crippen LogP contribution is -2.67. The summed E-state index contributed by atoms with van der Waals surface area (Å²) in [5.74, 6) is -0.850. The van der Waals surface area contributed by atoms with E-state index in [-0.39, 0.29) is 29.9 Å². The van der Waals surface area contributed by atoms with E-state index in [1.807, 2.05) is 0 Å². The maximum Gasteiger partial charge on any atom is 0.250 e. The molecule has 1 aromatic heterocycles. The van der Waals surface area contributed by atoms with E-state index in [0.717, 1.165) is 6.42 Å². The Kier molecular flexibility index (Phi) is 4.78. The van der Waals surface area contributed by atoms with Crippen molar-refractivity contribution >= 4 is 5.91 Å². The lowest BCUT2D eigenvalue weighted by molar-refractivity contribution is -0.166. The first-order valence-corrected chi connectivity index (χ1v) is 8.95. The Labute approximate surface area is 155 Å². The number of aromatic nitrogens is 1. The van der Waals surface area contributed by atoms with Gasteiger partial charge in [0.2, 0.25) is 11.8 Å². The summed E-state index contributed by atoms with van der Waals surface area (Å²) in [6.07, 6.45) is 2.43. The maximum atomic E-state index is 13.7. The molecule has 4 rings (SSSR count). The zero-order chi connectivity index (χ0) is 18.9. The van der Waals surface area contributed by atoms with E-state index < -0.39 is 11.4 Å². The highest BCUT2D eigenvalue weighted by atomic mass is 19.1. The molecule has 1 aromatic carbocycles. The van der Waals surface area contributed by atoms with Crippen LogP contribution >= 0.6 is 0 Å². The summed E-state index contributed by atoms with van der Waals surface area (Å²) in [6, 6.07) is 8.88. The van der Waals surface area contributed by atoms with Gasteiger partial charge in [0, 0.05) is 18.7 Å². The Morgan fingerprint density at radius 2 is 2.15 bits per heavy atom. The van der Waals surface area contributed by atoms with Crippen LogP contribution in [0.25, 0.3) is 0 Å². The van der Waals surface area contributed by atoms with Crippen LogP contribution in [-0.4, -0.2) is 47.7 Å². The van der Waals surface area contributed by atoms with Gasteiger partial charge < -0.3 is 14.4 Å². The number of hydrogen-bond acceptors (Lipinski definition) is 4. The second-order valence-corrected chi connectivity index (χ2v) is 7.06. The van der Waals surface area contributed by atoms with E-state index in [9.17, 15) is 13.6 Å². The predicted molar refractivity (Wildman–Crippen MR) is 93.2 cm³/mol. The summed E-state index contributed by atoms with van der Waals surface area (Å²) in [6.45, 7) is 1.82. The molecule has 2 aliphatic heterocycles. The molecule has 0 unspecified atom stereocenters. The summed E-state index contributed by atoms with van der Waals surface area (Å²) in [5.41, 5.74) is 0.210. The maximum absolute atomic E-state index is 13.7. The molecule has 2 aromatic rings. The molecule has 2 aliphatic rings. The number of ether oxygens (including phenoxy) is 2. The van der Waals surface area contributed by atoms with Crippen molar-refractivity contribution in [1.82, 2.24) is 9.88 Å². The van der Waals surface area contributed by atoms with Gasteiger partial charge in [-0.2, -0.15) is 0 Å². The summed E-state index contributed by atoms with van der Waals surface area (Å²) in [7, 11) is 0. The van der Waals surface area contributed by atoms with Crippen molar-refractivity contribution in [2.45, 2.75) is 18.4 Å². The largest absolute Gasteiger partial charge is 0.475 e. The van der Waals surface area contributed by atoms with Gasteiger partial charge in [-0.25, -0.2) is 13.8 Å². The smallest absolute Gasteiger partial charge is 0.250 e. The fourth-order valence-corrected chi connectivity index (χ4v) is 3.74. The molecule has 2 fully saturated rings. The molecule has 0 aliphatic carbocycles. The van der Waals surface area contributed by atoms with Crippen LogP contribution in [-0.2, 0) is 16.0 Å². The van der Waals surface area contributed by atoms with E-state index in [1.54, 1.807) is 17.0 Å². The Hall–Kier alpha value is -2.54. The van der Waals surface area contributed by atoms with Crippen LogP contribution in [0.2, 0.25) is 0 Å². The second kappa shape index (κ2) is 7.23. The Balaban J connectivity index is 1.33. The fraction of sp³-hybridized carbons (Fsp3) is 0.400. The zero-order valence-electron chi connectivity index (χ0n) is 14.7. The van der Waals surface area contributed by atoms with E-state index in [0.29, 0.717) is 31.9 Å². The van der Waals surface area contributed by atoms with Crippen molar-refractivity contribution in [2.24, 2.45) is 5.92 Å². The van der Waals surface area contributed by atoms with Gasteiger partial charge in [0.25, 0.3) is 0 Å². The van der Waals surface area contributed by atoms with Crippen molar-refractivity contribution in [2.75, 3.05) is 26.3 Å². The highest BCUT2D eigenvalue weighted by molar-refractivity contribution is 5.80. The molecule has 1 amide bonds. The minimum atomic E-state index is -0.494. The molecular weight excluding hydrogens is 354 g/mol. The topological polar surface area (TPSA) is 51.7 Å². The van der Waals surface area contributed by atoms with Crippen molar-refractivity contribution in [3.05, 3.63) is 59.8 Å². The average molecular weight is 374 g/mol. The van der Waals surface area contributed by atoms with Crippen molar-refractivity contribution in [1.29, 1.82) is 0 Å². The van der Waals surface area contributed by atoms with E-state index in [4.69, 9.17) is 9.47 Å². The number of benzene rings is 1. The fourth-order valence-electron chi connectivity index (χ4n) is 3.74. The lowest BCUT2D eigenvalue weighted by atomic mass is 9.81. The quantitative estimate of drug-likeness (QED) is 0.807. The Morgan fingerprint density at radius 3 is 2.93 bits per heavy atom. The van der Waals surface area contributed by atoms with E-state index >= 15 is 0 Å². The van der Waals surface area contributed by atoms with Gasteiger partial charge >= 0.3 is 0 Å². The number of halogens is 2. The molecule has 0 saturated carbocycles. The molecule has 5 nitrogen and oxygen atoms in total. The molecule has 1 spiro atoms. The number of carbonyl (C=O) groups is 1. The average Bonchev–Trinajstić information content (AvgIpc) is 3.04. The molecular formula is C20H20F2N2O3. The first-order valence-electron chi connectivity index (χ1n) is 8.95. The van der Waals surface area contributed by atoms with Gasteiger partial charge in [0.1, 0.15) is 11.4 Å². The van der Waals surface area contributed by atoms with Gasteiger partial charge in [-0.15, -0.1) is 0 Å². The first kappa shape index (κ1) is 17.9. The summed E-state index contributed by atoms with van der Waals surface area (Å²) in [5, 5.41) is 0. The van der Waals surface area contributed by atoms with Gasteiger partial charge in [-0.3, -0.25) is 4.79 Å². The second-order valence-electron chi connectivity index (χ2n) is 7.06. The molecule has 7 heteroatoms. The van der Waals surface area contributed by atoms with Crippen LogP contribution in [0.5, 0.6) is 5.88 Å². The van der Waals surface area contributed by atoms with Gasteiger partial charge in [-0.05, 0) is 36.2 Å². The minimum absolute atomic E-state index is 0.0158. The van der Waals surface area contributed by atoms with Gasteiger partial charge in [-0.1, -0.05) is 12.1 Å². The number of nitrogens with zero attached hydrogens (tertiary/aromatic N) is 2. The van der Waals surface area contributed by atoms with Gasteiger partial charge in [0.05, 0.1) is 26.1 Å². The summed E-state index contributed by atoms with van der Waals surface area (Å²) < 4.78 is 38.4. The van der Waals surface area contributed by atoms with E-state index in [1.165, 1.54) is 30.5 Å². The molecule has 3 heterocycles. The molecule has 0 N–H and O–H groups in total. The lowest BCUT2D eigenvalue weighted by Gasteiger charge is -2.50. The van der Waals surface area contributed by atoms with Crippen LogP contribution < -0.4 is 4.74 Å². The standard InChI is InChI=1S/C20H20F2N2O3/c21-16-4-1-3-14(9-16)10-18(25)24-12-20(13-24)15(6-8-27-20)11-26-19-17(22)5-2-7-23-19/h1-5,7,9,15H,6,8,10-13H2/t15-/m0/s1.